The van der Waals surface area contributed by atoms with Crippen LogP contribution in [-0.2, 0) is 5.88 Å². The topological polar surface area (TPSA) is 27.0 Å². The van der Waals surface area contributed by atoms with Gasteiger partial charge in [0.1, 0.15) is 6.07 Å². The van der Waals surface area contributed by atoms with Crippen molar-refractivity contribution >= 4 is 23.0 Å². The maximum Gasteiger partial charge on any atom is 0.101 e. The quantitative estimate of drug-likeness (QED) is 0.774. The van der Waals surface area contributed by atoms with Crippen LogP contribution in [0, 0.1) is 11.3 Å². The molecule has 18 heavy (non-hydrogen) atoms. The van der Waals surface area contributed by atoms with Crippen LogP contribution in [0.15, 0.2) is 48.5 Å². The fraction of sp³-hybridized carbons (Fsp3) is 0.133. The molecule has 0 spiro atoms. The van der Waals surface area contributed by atoms with E-state index in [2.05, 4.69) is 6.07 Å². The summed E-state index contributed by atoms with van der Waals surface area (Å²) < 4.78 is 0. The number of para-hydroxylation sites is 1. The molecule has 0 aromatic heterocycles. The van der Waals surface area contributed by atoms with Crippen molar-refractivity contribution in [3.63, 3.8) is 0 Å². The molecule has 90 valence electrons. The highest BCUT2D eigenvalue weighted by atomic mass is 35.5. The van der Waals surface area contributed by atoms with Crippen molar-refractivity contribution in [1.29, 1.82) is 5.26 Å². The molecular weight excluding hydrogens is 244 g/mol. The Kier molecular flexibility index (Phi) is 3.86. The number of nitriles is 1. The van der Waals surface area contributed by atoms with Crippen molar-refractivity contribution in [3.05, 3.63) is 59.7 Å². The Morgan fingerprint density at radius 2 is 1.89 bits per heavy atom. The summed E-state index contributed by atoms with van der Waals surface area (Å²) in [5.74, 6) is 0.421. The number of rotatable bonds is 3. The molecule has 0 saturated heterocycles. The zero-order valence-electron chi connectivity index (χ0n) is 10.1. The molecule has 0 aliphatic carbocycles. The summed E-state index contributed by atoms with van der Waals surface area (Å²) in [6, 6.07) is 17.9. The maximum atomic E-state index is 9.21. The van der Waals surface area contributed by atoms with Crippen LogP contribution in [0.25, 0.3) is 0 Å². The van der Waals surface area contributed by atoms with Gasteiger partial charge in [-0.1, -0.05) is 24.3 Å². The lowest BCUT2D eigenvalue weighted by molar-refractivity contribution is 1.19. The molecule has 0 N–H and O–H groups in total. The van der Waals surface area contributed by atoms with Gasteiger partial charge in [-0.25, -0.2) is 0 Å². The van der Waals surface area contributed by atoms with Crippen LogP contribution in [0.4, 0.5) is 11.4 Å². The van der Waals surface area contributed by atoms with Gasteiger partial charge in [0.05, 0.1) is 11.3 Å². The van der Waals surface area contributed by atoms with Crippen molar-refractivity contribution in [1.82, 2.24) is 0 Å². The van der Waals surface area contributed by atoms with E-state index in [9.17, 15) is 5.26 Å². The average molecular weight is 257 g/mol. The minimum Gasteiger partial charge on any atom is -0.344 e. The lowest BCUT2D eigenvalue weighted by atomic mass is 10.1. The van der Waals surface area contributed by atoms with Gasteiger partial charge >= 0.3 is 0 Å². The van der Waals surface area contributed by atoms with Gasteiger partial charge in [0.2, 0.25) is 0 Å². The summed E-state index contributed by atoms with van der Waals surface area (Å²) in [5, 5.41) is 9.21. The van der Waals surface area contributed by atoms with Crippen molar-refractivity contribution in [2.75, 3.05) is 11.9 Å². The molecule has 2 aromatic carbocycles. The second kappa shape index (κ2) is 5.57. The number of alkyl halides is 1. The molecule has 0 aliphatic heterocycles. The summed E-state index contributed by atoms with van der Waals surface area (Å²) in [4.78, 5) is 2.00. The van der Waals surface area contributed by atoms with E-state index in [1.807, 2.05) is 60.5 Å². The number of benzene rings is 2. The van der Waals surface area contributed by atoms with Crippen molar-refractivity contribution in [2.24, 2.45) is 0 Å². The van der Waals surface area contributed by atoms with Crippen LogP contribution in [0.3, 0.4) is 0 Å². The predicted octanol–water partition coefficient (Wildman–Crippen LogP) is 4.06. The van der Waals surface area contributed by atoms with Gasteiger partial charge in [-0.2, -0.15) is 5.26 Å². The highest BCUT2D eigenvalue weighted by molar-refractivity contribution is 6.17. The monoisotopic (exact) mass is 256 g/mol. The number of anilines is 2. The Balaban J connectivity index is 2.43. The van der Waals surface area contributed by atoms with Crippen LogP contribution in [0.1, 0.15) is 11.1 Å². The second-order valence-electron chi connectivity index (χ2n) is 3.99. The first-order chi connectivity index (χ1) is 8.76. The standard InChI is InChI=1S/C15H13ClN2/c1-18(14-5-3-2-4-6-14)15-8-7-12(10-16)9-13(15)11-17/h2-9H,10H2,1H3. The maximum absolute atomic E-state index is 9.21. The van der Waals surface area contributed by atoms with E-state index in [0.29, 0.717) is 11.4 Å². The Morgan fingerprint density at radius 3 is 2.50 bits per heavy atom. The van der Waals surface area contributed by atoms with Gasteiger partial charge in [0, 0.05) is 18.6 Å². The highest BCUT2D eigenvalue weighted by Crippen LogP contribution is 2.27. The molecule has 2 aromatic rings. The molecule has 2 nitrogen and oxygen atoms in total. The second-order valence-corrected chi connectivity index (χ2v) is 4.26. The molecule has 2 rings (SSSR count). The molecule has 0 aliphatic rings. The van der Waals surface area contributed by atoms with E-state index in [1.54, 1.807) is 0 Å². The van der Waals surface area contributed by atoms with Crippen LogP contribution in [0.2, 0.25) is 0 Å². The van der Waals surface area contributed by atoms with Crippen molar-refractivity contribution in [2.45, 2.75) is 5.88 Å². The van der Waals surface area contributed by atoms with Crippen molar-refractivity contribution < 1.29 is 0 Å². The normalized spacial score (nSPS) is 9.83. The minimum absolute atomic E-state index is 0.421. The van der Waals surface area contributed by atoms with Crippen LogP contribution in [-0.4, -0.2) is 7.05 Å². The Morgan fingerprint density at radius 1 is 1.17 bits per heavy atom. The zero-order valence-corrected chi connectivity index (χ0v) is 10.9. The van der Waals surface area contributed by atoms with Gasteiger partial charge in [-0.15, -0.1) is 11.6 Å². The van der Waals surface area contributed by atoms with E-state index in [-0.39, 0.29) is 0 Å². The zero-order chi connectivity index (χ0) is 13.0. The highest BCUT2D eigenvalue weighted by Gasteiger charge is 2.09. The van der Waals surface area contributed by atoms with E-state index in [4.69, 9.17) is 11.6 Å². The minimum atomic E-state index is 0.421. The Labute approximate surface area is 112 Å². The molecule has 0 unspecified atom stereocenters. The van der Waals surface area contributed by atoms with E-state index in [0.717, 1.165) is 16.9 Å². The van der Waals surface area contributed by atoms with Gasteiger partial charge in [0.25, 0.3) is 0 Å². The van der Waals surface area contributed by atoms with Crippen molar-refractivity contribution in [3.8, 4) is 6.07 Å². The summed E-state index contributed by atoms with van der Waals surface area (Å²) in [7, 11) is 1.95. The first kappa shape index (κ1) is 12.5. The predicted molar refractivity (Wildman–Crippen MR) is 75.2 cm³/mol. The third-order valence-corrected chi connectivity index (χ3v) is 3.15. The molecule has 0 atom stereocenters. The summed E-state index contributed by atoms with van der Waals surface area (Å²) >= 11 is 5.78. The molecule has 3 heteroatoms. The fourth-order valence-electron chi connectivity index (χ4n) is 1.84. The first-order valence-corrected chi connectivity index (χ1v) is 6.17. The summed E-state index contributed by atoms with van der Waals surface area (Å²) in [6.45, 7) is 0. The van der Waals surface area contributed by atoms with E-state index in [1.165, 1.54) is 0 Å². The largest absolute Gasteiger partial charge is 0.344 e. The van der Waals surface area contributed by atoms with Crippen LogP contribution >= 0.6 is 11.6 Å². The van der Waals surface area contributed by atoms with E-state index >= 15 is 0 Å². The third kappa shape index (κ3) is 2.47. The van der Waals surface area contributed by atoms with E-state index < -0.39 is 0 Å². The molecule has 0 saturated carbocycles. The van der Waals surface area contributed by atoms with Gasteiger partial charge in [0.15, 0.2) is 0 Å². The molecule has 0 radical (unpaired) electrons. The number of hydrogen-bond donors (Lipinski definition) is 0. The van der Waals surface area contributed by atoms with Crippen LogP contribution in [0.5, 0.6) is 0 Å². The first-order valence-electron chi connectivity index (χ1n) is 5.64. The SMILES string of the molecule is CN(c1ccccc1)c1ccc(CCl)cc1C#N. The lowest BCUT2D eigenvalue weighted by Crippen LogP contribution is -2.11. The van der Waals surface area contributed by atoms with Gasteiger partial charge in [-0.05, 0) is 29.8 Å². The smallest absolute Gasteiger partial charge is 0.101 e. The molecule has 0 amide bonds. The summed E-state index contributed by atoms with van der Waals surface area (Å²) in [6.07, 6.45) is 0. The Bertz CT molecular complexity index is 573. The molecule has 0 fully saturated rings. The Hall–Kier alpha value is -1.98. The fourth-order valence-corrected chi connectivity index (χ4v) is 2.01. The number of nitrogens with zero attached hydrogens (tertiary/aromatic N) is 2. The van der Waals surface area contributed by atoms with Gasteiger partial charge < -0.3 is 4.90 Å². The van der Waals surface area contributed by atoms with Gasteiger partial charge in [-0.3, -0.25) is 0 Å². The molecule has 0 heterocycles. The lowest BCUT2D eigenvalue weighted by Gasteiger charge is -2.21. The van der Waals surface area contributed by atoms with Crippen LogP contribution < -0.4 is 4.90 Å². The molecule has 0 bridgehead atoms. The number of halogens is 1. The molecular formula is C15H13ClN2. The summed E-state index contributed by atoms with van der Waals surface area (Å²) in [5.41, 5.74) is 3.53. The number of hydrogen-bond acceptors (Lipinski definition) is 2. The average Bonchev–Trinajstić information content (AvgIpc) is 2.46. The third-order valence-electron chi connectivity index (χ3n) is 2.84.